The van der Waals surface area contributed by atoms with Crippen molar-refractivity contribution in [1.82, 2.24) is 9.78 Å². The minimum absolute atomic E-state index is 0.242. The van der Waals surface area contributed by atoms with Gasteiger partial charge in [0.25, 0.3) is 5.56 Å². The number of anilines is 1. The Morgan fingerprint density at radius 3 is 3.06 bits per heavy atom. The molecule has 1 aromatic rings. The predicted molar refractivity (Wildman–Crippen MR) is 66.5 cm³/mol. The highest BCUT2D eigenvalue weighted by Gasteiger charge is 2.18. The van der Waals surface area contributed by atoms with Gasteiger partial charge in [0.1, 0.15) is 5.02 Å². The Hall–Kier alpha value is -1.07. The smallest absolute Gasteiger partial charge is 0.287 e. The van der Waals surface area contributed by atoms with E-state index in [1.807, 2.05) is 0 Å². The van der Waals surface area contributed by atoms with Crippen molar-refractivity contribution in [2.75, 3.05) is 31.7 Å². The van der Waals surface area contributed by atoms with Gasteiger partial charge >= 0.3 is 0 Å². The number of aromatic nitrogens is 2. The Bertz CT molecular complexity index is 441. The molecule has 1 aliphatic rings. The molecule has 6 heteroatoms. The maximum absolute atomic E-state index is 11.9. The standard InChI is InChI=1S/C11H15ClN3O2/c1-17-7-6-15-11(16)10(12)9(8-13-15)14-4-2-3-5-14/h2,8H,3-7H2,1H3. The minimum Gasteiger partial charge on any atom is -0.383 e. The third kappa shape index (κ3) is 2.61. The van der Waals surface area contributed by atoms with Crippen molar-refractivity contribution >= 4 is 17.3 Å². The van der Waals surface area contributed by atoms with Gasteiger partial charge in [-0.05, 0) is 12.8 Å². The zero-order valence-electron chi connectivity index (χ0n) is 9.73. The summed E-state index contributed by atoms with van der Waals surface area (Å²) in [4.78, 5) is 14.0. The van der Waals surface area contributed by atoms with Crippen molar-refractivity contribution in [3.8, 4) is 0 Å². The average Bonchev–Trinajstić information content (AvgIpc) is 2.85. The van der Waals surface area contributed by atoms with E-state index in [9.17, 15) is 4.79 Å². The van der Waals surface area contributed by atoms with Crippen molar-refractivity contribution in [3.05, 3.63) is 28.0 Å². The third-order valence-corrected chi connectivity index (χ3v) is 3.12. The van der Waals surface area contributed by atoms with Crippen molar-refractivity contribution in [1.29, 1.82) is 0 Å². The summed E-state index contributed by atoms with van der Waals surface area (Å²) in [6.45, 7) is 2.58. The molecule has 0 aromatic carbocycles. The van der Waals surface area contributed by atoms with Crippen molar-refractivity contribution in [3.63, 3.8) is 0 Å². The molecule has 5 nitrogen and oxygen atoms in total. The van der Waals surface area contributed by atoms with Gasteiger partial charge in [0.2, 0.25) is 0 Å². The third-order valence-electron chi connectivity index (χ3n) is 2.77. The lowest BCUT2D eigenvalue weighted by molar-refractivity contribution is 0.182. The summed E-state index contributed by atoms with van der Waals surface area (Å²) in [5, 5.41) is 4.35. The molecule has 2 rings (SSSR count). The highest BCUT2D eigenvalue weighted by atomic mass is 35.5. The zero-order valence-corrected chi connectivity index (χ0v) is 10.5. The highest BCUT2D eigenvalue weighted by molar-refractivity contribution is 6.33. The van der Waals surface area contributed by atoms with Crippen molar-refractivity contribution < 1.29 is 4.74 Å². The molecule has 1 aliphatic heterocycles. The van der Waals surface area contributed by atoms with E-state index < -0.39 is 0 Å². The van der Waals surface area contributed by atoms with Gasteiger partial charge in [0.15, 0.2) is 0 Å². The number of ether oxygens (including phenoxy) is 1. The van der Waals surface area contributed by atoms with E-state index in [0.717, 1.165) is 25.2 Å². The van der Waals surface area contributed by atoms with E-state index in [4.69, 9.17) is 16.3 Å². The van der Waals surface area contributed by atoms with E-state index in [-0.39, 0.29) is 10.6 Å². The van der Waals surface area contributed by atoms with Gasteiger partial charge in [0.05, 0.1) is 25.0 Å². The number of rotatable bonds is 4. The monoisotopic (exact) mass is 256 g/mol. The number of methoxy groups -OCH3 is 1. The van der Waals surface area contributed by atoms with Gasteiger partial charge < -0.3 is 9.64 Å². The van der Waals surface area contributed by atoms with E-state index in [1.165, 1.54) is 4.68 Å². The summed E-state index contributed by atoms with van der Waals surface area (Å²) in [7, 11) is 1.58. The lowest BCUT2D eigenvalue weighted by atomic mass is 10.4. The Labute approximate surface area is 105 Å². The van der Waals surface area contributed by atoms with Gasteiger partial charge in [-0.1, -0.05) is 11.6 Å². The van der Waals surface area contributed by atoms with E-state index in [0.29, 0.717) is 13.2 Å². The van der Waals surface area contributed by atoms with Gasteiger partial charge in [-0.2, -0.15) is 5.10 Å². The molecule has 0 aliphatic carbocycles. The number of hydrogen-bond acceptors (Lipinski definition) is 4. The second-order valence-electron chi connectivity index (χ2n) is 3.89. The van der Waals surface area contributed by atoms with Crippen LogP contribution in [0.15, 0.2) is 11.0 Å². The Kier molecular flexibility index (Phi) is 4.02. The molecule has 0 unspecified atom stereocenters. The summed E-state index contributed by atoms with van der Waals surface area (Å²) in [5.74, 6) is 0. The first kappa shape index (κ1) is 12.4. The van der Waals surface area contributed by atoms with Crippen molar-refractivity contribution in [2.45, 2.75) is 13.0 Å². The van der Waals surface area contributed by atoms with Crippen LogP contribution in [0.3, 0.4) is 0 Å². The molecule has 1 aromatic heterocycles. The van der Waals surface area contributed by atoms with E-state index >= 15 is 0 Å². The first-order valence-electron chi connectivity index (χ1n) is 5.55. The molecule has 0 saturated carbocycles. The molecule has 0 spiro atoms. The highest BCUT2D eigenvalue weighted by Crippen LogP contribution is 2.24. The first-order chi connectivity index (χ1) is 8.24. The minimum atomic E-state index is -0.256. The number of hydrogen-bond donors (Lipinski definition) is 0. The largest absolute Gasteiger partial charge is 0.383 e. The quantitative estimate of drug-likeness (QED) is 0.805. The molecule has 17 heavy (non-hydrogen) atoms. The van der Waals surface area contributed by atoms with Gasteiger partial charge in [0, 0.05) is 20.2 Å². The number of halogens is 1. The molecule has 0 N–H and O–H groups in total. The van der Waals surface area contributed by atoms with Gasteiger partial charge in [-0.25, -0.2) is 4.68 Å². The molecule has 1 saturated heterocycles. The van der Waals surface area contributed by atoms with Crippen LogP contribution in [0.2, 0.25) is 5.02 Å². The van der Waals surface area contributed by atoms with Crippen LogP contribution < -0.4 is 10.5 Å². The summed E-state index contributed by atoms with van der Waals surface area (Å²) in [6.07, 6.45) is 4.83. The molecular weight excluding hydrogens is 242 g/mol. The maximum atomic E-state index is 11.9. The van der Waals surface area contributed by atoms with Crippen molar-refractivity contribution in [2.24, 2.45) is 0 Å². The fourth-order valence-corrected chi connectivity index (χ4v) is 2.08. The molecule has 93 valence electrons. The van der Waals surface area contributed by atoms with Crippen LogP contribution in [0.5, 0.6) is 0 Å². The van der Waals surface area contributed by atoms with Crippen LogP contribution in [0.1, 0.15) is 6.42 Å². The van der Waals surface area contributed by atoms with Gasteiger partial charge in [-0.15, -0.1) is 0 Å². The Morgan fingerprint density at radius 1 is 1.59 bits per heavy atom. The second-order valence-corrected chi connectivity index (χ2v) is 4.27. The summed E-state index contributed by atoms with van der Waals surface area (Å²) >= 11 is 6.09. The van der Waals surface area contributed by atoms with Crippen LogP contribution >= 0.6 is 11.6 Å². The lowest BCUT2D eigenvalue weighted by Crippen LogP contribution is -2.28. The molecule has 1 fully saturated rings. The predicted octanol–water partition coefficient (Wildman–Crippen LogP) is 0.957. The summed E-state index contributed by atoms with van der Waals surface area (Å²) < 4.78 is 6.24. The van der Waals surface area contributed by atoms with E-state index in [1.54, 1.807) is 13.3 Å². The molecule has 2 heterocycles. The van der Waals surface area contributed by atoms with Crippen LogP contribution in [-0.4, -0.2) is 36.6 Å². The maximum Gasteiger partial charge on any atom is 0.287 e. The second kappa shape index (κ2) is 5.51. The zero-order chi connectivity index (χ0) is 12.3. The summed E-state index contributed by atoms with van der Waals surface area (Å²) in [6, 6.07) is 0. The summed E-state index contributed by atoms with van der Waals surface area (Å²) in [5.41, 5.74) is 0.465. The molecule has 0 atom stereocenters. The Morgan fingerprint density at radius 2 is 2.41 bits per heavy atom. The normalized spacial score (nSPS) is 15.5. The average molecular weight is 257 g/mol. The lowest BCUT2D eigenvalue weighted by Gasteiger charge is -2.18. The van der Waals surface area contributed by atoms with Gasteiger partial charge in [-0.3, -0.25) is 4.79 Å². The SMILES string of the molecule is COCCn1ncc(N2C[CH]CC2)c(Cl)c1=O. The first-order valence-corrected chi connectivity index (χ1v) is 5.93. The molecule has 0 amide bonds. The fourth-order valence-electron chi connectivity index (χ4n) is 1.82. The topological polar surface area (TPSA) is 47.4 Å². The Balaban J connectivity index is 2.25. The number of nitrogens with zero attached hydrogens (tertiary/aromatic N) is 3. The molecular formula is C11H15ClN3O2. The van der Waals surface area contributed by atoms with Crippen LogP contribution in [-0.2, 0) is 11.3 Å². The van der Waals surface area contributed by atoms with Crippen LogP contribution in [0.25, 0.3) is 0 Å². The molecule has 0 bridgehead atoms. The van der Waals surface area contributed by atoms with E-state index in [2.05, 4.69) is 16.4 Å². The van der Waals surface area contributed by atoms with Crippen LogP contribution in [0.4, 0.5) is 5.69 Å². The van der Waals surface area contributed by atoms with Crippen LogP contribution in [0, 0.1) is 6.42 Å². The molecule has 1 radical (unpaired) electrons. The fraction of sp³-hybridized carbons (Fsp3) is 0.545.